The predicted octanol–water partition coefficient (Wildman–Crippen LogP) is 3.49. The topological polar surface area (TPSA) is 139 Å². The van der Waals surface area contributed by atoms with E-state index in [0.29, 0.717) is 23.9 Å². The number of hydrogen-bond acceptors (Lipinski definition) is 8. The Labute approximate surface area is 204 Å². The quantitative estimate of drug-likeness (QED) is 0.289. The molecule has 1 aliphatic rings. The van der Waals surface area contributed by atoms with Crippen LogP contribution in [0.25, 0.3) is 11.0 Å². The van der Waals surface area contributed by atoms with E-state index in [1.54, 1.807) is 0 Å². The van der Waals surface area contributed by atoms with Crippen LogP contribution in [0, 0.1) is 17.6 Å². The van der Waals surface area contributed by atoms with Crippen LogP contribution in [-0.4, -0.2) is 47.8 Å². The van der Waals surface area contributed by atoms with E-state index in [4.69, 9.17) is 4.74 Å². The molecule has 186 valence electrons. The Balaban J connectivity index is 1.50. The van der Waals surface area contributed by atoms with Gasteiger partial charge in [-0.25, -0.2) is 32.2 Å². The average Bonchev–Trinajstić information content (AvgIpc) is 3.60. The number of hydrogen-bond donors (Lipinski definition) is 3. The van der Waals surface area contributed by atoms with Crippen LogP contribution in [0.5, 0.6) is 5.88 Å². The number of carbonyl (C=O) groups excluding carboxylic acids is 1. The monoisotopic (exact) mass is 514 g/mol. The van der Waals surface area contributed by atoms with Crippen LogP contribution in [0.4, 0.5) is 20.3 Å². The Bertz CT molecular complexity index is 1570. The molecule has 1 aromatic carbocycles. The van der Waals surface area contributed by atoms with Crippen LogP contribution in [0.3, 0.4) is 0 Å². The second kappa shape index (κ2) is 9.15. The van der Waals surface area contributed by atoms with Crippen LogP contribution in [0.1, 0.15) is 28.8 Å². The molecule has 0 aliphatic heterocycles. The molecular formula is C23H20F2N6O4S. The fourth-order valence-electron chi connectivity index (χ4n) is 3.66. The molecule has 4 aromatic rings. The number of ketones is 1. The summed E-state index contributed by atoms with van der Waals surface area (Å²) in [5.41, 5.74) is -1.25. The molecule has 0 unspecified atom stereocenters. The molecule has 13 heteroatoms. The number of pyridine rings is 1. The highest BCUT2D eigenvalue weighted by molar-refractivity contribution is 7.92. The Morgan fingerprint density at radius 2 is 1.97 bits per heavy atom. The van der Waals surface area contributed by atoms with Crippen LogP contribution < -0.4 is 14.8 Å². The van der Waals surface area contributed by atoms with Gasteiger partial charge in [-0.2, -0.15) is 0 Å². The molecule has 0 saturated heterocycles. The molecule has 0 bridgehead atoms. The summed E-state index contributed by atoms with van der Waals surface area (Å²) in [6, 6.07) is 4.25. The van der Waals surface area contributed by atoms with E-state index in [9.17, 15) is 17.6 Å². The third-order valence-electron chi connectivity index (χ3n) is 5.76. The highest BCUT2D eigenvalue weighted by atomic mass is 32.2. The highest BCUT2D eigenvalue weighted by Gasteiger charge is 2.28. The lowest BCUT2D eigenvalue weighted by Crippen LogP contribution is -2.17. The lowest BCUT2D eigenvalue weighted by molar-refractivity contribution is 0.103. The molecule has 3 N–H and O–H groups in total. The molecule has 0 atom stereocenters. The van der Waals surface area contributed by atoms with E-state index in [-0.39, 0.29) is 21.7 Å². The van der Waals surface area contributed by atoms with Gasteiger partial charge in [-0.3, -0.25) is 9.52 Å². The number of halogens is 2. The first-order valence-corrected chi connectivity index (χ1v) is 12.4. The van der Waals surface area contributed by atoms with Crippen molar-refractivity contribution in [2.75, 3.05) is 23.7 Å². The van der Waals surface area contributed by atoms with E-state index in [2.05, 4.69) is 25.3 Å². The molecule has 1 fully saturated rings. The number of fused-ring (bicyclic) bond motifs is 1. The minimum Gasteiger partial charge on any atom is -0.481 e. The molecule has 0 radical (unpaired) electrons. The second-order valence-corrected chi connectivity index (χ2v) is 9.91. The van der Waals surface area contributed by atoms with E-state index in [0.717, 1.165) is 31.2 Å². The first kappa shape index (κ1) is 23.6. The Morgan fingerprint density at radius 3 is 2.67 bits per heavy atom. The number of H-pyrrole nitrogens is 1. The number of nitrogens with one attached hydrogen (secondary N) is 3. The molecule has 1 aliphatic carbocycles. The van der Waals surface area contributed by atoms with Gasteiger partial charge < -0.3 is 15.0 Å². The van der Waals surface area contributed by atoms with Crippen molar-refractivity contribution in [3.63, 3.8) is 0 Å². The summed E-state index contributed by atoms with van der Waals surface area (Å²) in [6.07, 6.45) is 5.81. The zero-order valence-electron chi connectivity index (χ0n) is 18.9. The molecule has 0 amide bonds. The summed E-state index contributed by atoms with van der Waals surface area (Å²) in [5.74, 6) is -2.44. The lowest BCUT2D eigenvalue weighted by Gasteiger charge is -2.12. The van der Waals surface area contributed by atoms with Gasteiger partial charge in [0.15, 0.2) is 5.82 Å². The number of sulfonamides is 1. The van der Waals surface area contributed by atoms with Gasteiger partial charge in [0.1, 0.15) is 28.5 Å². The van der Waals surface area contributed by atoms with E-state index < -0.39 is 38.7 Å². The predicted molar refractivity (Wildman–Crippen MR) is 126 cm³/mol. The maximum absolute atomic E-state index is 15.4. The first-order valence-electron chi connectivity index (χ1n) is 10.9. The highest BCUT2D eigenvalue weighted by Crippen LogP contribution is 2.32. The minimum atomic E-state index is -4.30. The number of methoxy groups -OCH3 is 1. The smallest absolute Gasteiger partial charge is 0.263 e. The minimum absolute atomic E-state index is 0.0546. The summed E-state index contributed by atoms with van der Waals surface area (Å²) in [6.45, 7) is 0.644. The largest absolute Gasteiger partial charge is 0.481 e. The maximum Gasteiger partial charge on any atom is 0.263 e. The first-order chi connectivity index (χ1) is 17.3. The van der Waals surface area contributed by atoms with Gasteiger partial charge in [0.05, 0.1) is 35.5 Å². The van der Waals surface area contributed by atoms with Gasteiger partial charge in [-0.15, -0.1) is 0 Å². The van der Waals surface area contributed by atoms with Crippen molar-refractivity contribution in [3.8, 4) is 5.88 Å². The summed E-state index contributed by atoms with van der Waals surface area (Å²) >= 11 is 0. The van der Waals surface area contributed by atoms with Crippen molar-refractivity contribution in [1.29, 1.82) is 0 Å². The molecule has 5 rings (SSSR count). The fraction of sp³-hybridized carbons (Fsp3) is 0.217. The van der Waals surface area contributed by atoms with E-state index >= 15 is 4.39 Å². The Morgan fingerprint density at radius 1 is 1.17 bits per heavy atom. The van der Waals surface area contributed by atoms with Crippen molar-refractivity contribution in [2.24, 2.45) is 5.92 Å². The Hall–Kier alpha value is -4.13. The van der Waals surface area contributed by atoms with Gasteiger partial charge in [0.25, 0.3) is 10.0 Å². The third kappa shape index (κ3) is 4.44. The van der Waals surface area contributed by atoms with Crippen molar-refractivity contribution >= 4 is 38.3 Å². The number of ether oxygens (including phenoxy) is 1. The van der Waals surface area contributed by atoms with Gasteiger partial charge in [0, 0.05) is 18.8 Å². The average molecular weight is 515 g/mol. The lowest BCUT2D eigenvalue weighted by atomic mass is 10.0. The number of anilines is 2. The van der Waals surface area contributed by atoms with Gasteiger partial charge in [-0.05, 0) is 37.0 Å². The maximum atomic E-state index is 15.4. The van der Waals surface area contributed by atoms with Crippen molar-refractivity contribution in [3.05, 3.63) is 65.7 Å². The zero-order valence-corrected chi connectivity index (χ0v) is 19.7. The number of rotatable bonds is 9. The molecule has 1 saturated carbocycles. The molecule has 36 heavy (non-hydrogen) atoms. The Kier molecular flexibility index (Phi) is 6.00. The van der Waals surface area contributed by atoms with Gasteiger partial charge >= 0.3 is 0 Å². The zero-order chi connectivity index (χ0) is 25.4. The van der Waals surface area contributed by atoms with E-state index in [1.165, 1.54) is 31.8 Å². The van der Waals surface area contributed by atoms with Crippen LogP contribution in [0.2, 0.25) is 0 Å². The second-order valence-electron chi connectivity index (χ2n) is 8.23. The summed E-state index contributed by atoms with van der Waals surface area (Å²) in [5, 5.41) is 3.45. The van der Waals surface area contributed by atoms with Crippen LogP contribution >= 0.6 is 0 Å². The molecule has 3 heterocycles. The number of benzene rings is 1. The van der Waals surface area contributed by atoms with Crippen molar-refractivity contribution in [2.45, 2.75) is 17.7 Å². The van der Waals surface area contributed by atoms with Gasteiger partial charge in [-0.1, -0.05) is 0 Å². The fourth-order valence-corrected chi connectivity index (χ4v) is 4.67. The SMILES string of the molecule is COc1ccc(S(=O)(=O)Nc2ccc(F)c(C(=O)c3c[nH]c4ncnc(NCC5CC5)c34)c2F)cn1. The molecule has 0 spiro atoms. The molecular weight excluding hydrogens is 494 g/mol. The molecule has 10 nitrogen and oxygen atoms in total. The summed E-state index contributed by atoms with van der Waals surface area (Å²) in [4.78, 5) is 28.0. The third-order valence-corrected chi connectivity index (χ3v) is 7.11. The number of aromatic amines is 1. The number of carbonyl (C=O) groups is 1. The van der Waals surface area contributed by atoms with E-state index in [1.807, 2.05) is 4.72 Å². The summed E-state index contributed by atoms with van der Waals surface area (Å²) in [7, 11) is -2.93. The summed E-state index contributed by atoms with van der Waals surface area (Å²) < 4.78 is 62.6. The number of aromatic nitrogens is 4. The molecule has 3 aromatic heterocycles. The van der Waals surface area contributed by atoms with Crippen molar-refractivity contribution < 1.29 is 26.7 Å². The normalized spacial score (nSPS) is 13.5. The van der Waals surface area contributed by atoms with Crippen molar-refractivity contribution in [1.82, 2.24) is 19.9 Å². The standard InChI is InChI=1S/C23H20F2N6O4S/c1-35-17-7-4-13(9-26-17)36(33,34)31-16-6-5-15(24)19(20(16)25)21(32)14-10-28-23-18(14)22(29-11-30-23)27-8-12-2-3-12/h4-7,9-12,31H,2-3,8H2,1H3,(H2,27,28,29,30). The number of nitrogens with zero attached hydrogens (tertiary/aromatic N) is 3. The van der Waals surface area contributed by atoms with Gasteiger partial charge in [0.2, 0.25) is 11.7 Å². The van der Waals surface area contributed by atoms with Crippen LogP contribution in [0.15, 0.2) is 47.9 Å². The van der Waals surface area contributed by atoms with Crippen LogP contribution in [-0.2, 0) is 10.0 Å².